The number of carbonyl (C=O) groups excluding carboxylic acids is 2. The molecule has 0 spiro atoms. The molecule has 2 unspecified atom stereocenters. The van der Waals surface area contributed by atoms with Gasteiger partial charge in [-0.05, 0) is 31.9 Å². The number of nitrogens with zero attached hydrogens (tertiary/aromatic N) is 1. The van der Waals surface area contributed by atoms with Crippen molar-refractivity contribution in [3.05, 3.63) is 23.8 Å². The van der Waals surface area contributed by atoms with Crippen LogP contribution in [0.3, 0.4) is 0 Å². The Hall–Kier alpha value is -2.24. The number of likely N-dealkylation sites (tertiary alicyclic amines) is 1. The minimum absolute atomic E-state index is 0.0219. The molecule has 0 aliphatic carbocycles. The maximum absolute atomic E-state index is 12.4. The number of hydrogen-bond donors (Lipinski definition) is 3. The molecule has 1 heterocycles. The molecule has 0 saturated carbocycles. The van der Waals surface area contributed by atoms with Crippen LogP contribution >= 0.6 is 0 Å². The van der Waals surface area contributed by atoms with Gasteiger partial charge in [0.2, 0.25) is 5.91 Å². The van der Waals surface area contributed by atoms with Crippen LogP contribution in [0, 0.1) is 5.92 Å². The van der Waals surface area contributed by atoms with E-state index < -0.39 is 5.91 Å². The van der Waals surface area contributed by atoms with E-state index in [0.29, 0.717) is 12.8 Å². The summed E-state index contributed by atoms with van der Waals surface area (Å²) >= 11 is 0. The van der Waals surface area contributed by atoms with E-state index in [0.717, 1.165) is 6.07 Å². The second-order valence-electron chi connectivity index (χ2n) is 5.18. The molecule has 20 heavy (non-hydrogen) atoms. The lowest BCUT2D eigenvalue weighted by Crippen LogP contribution is -2.48. The summed E-state index contributed by atoms with van der Waals surface area (Å²) in [6, 6.07) is 3.81. The number of hydrogen-bond acceptors (Lipinski definition) is 4. The van der Waals surface area contributed by atoms with E-state index in [1.54, 1.807) is 4.90 Å². The molecular weight excluding hydrogens is 260 g/mol. The van der Waals surface area contributed by atoms with Crippen molar-refractivity contribution >= 4 is 11.8 Å². The van der Waals surface area contributed by atoms with Gasteiger partial charge in [0.1, 0.15) is 11.5 Å². The van der Waals surface area contributed by atoms with Crippen molar-refractivity contribution in [2.75, 3.05) is 6.54 Å². The maximum atomic E-state index is 12.4. The summed E-state index contributed by atoms with van der Waals surface area (Å²) in [5.74, 6) is -1.51. The van der Waals surface area contributed by atoms with Crippen molar-refractivity contribution in [2.45, 2.75) is 25.8 Å². The van der Waals surface area contributed by atoms with E-state index in [4.69, 9.17) is 5.73 Å². The molecule has 4 N–H and O–H groups in total. The Morgan fingerprint density at radius 1 is 1.30 bits per heavy atom. The number of phenolic OH excluding ortho intramolecular Hbond substituents is 2. The molecule has 2 atom stereocenters. The molecule has 2 amide bonds. The summed E-state index contributed by atoms with van der Waals surface area (Å²) in [4.78, 5) is 25.3. The first-order valence-corrected chi connectivity index (χ1v) is 6.52. The Bertz CT molecular complexity index is 544. The molecule has 6 heteroatoms. The van der Waals surface area contributed by atoms with Crippen LogP contribution in [-0.2, 0) is 4.79 Å². The van der Waals surface area contributed by atoms with Gasteiger partial charge in [0.25, 0.3) is 5.91 Å². The predicted octanol–water partition coefficient (Wildman–Crippen LogP) is 0.824. The number of primary amides is 1. The Labute approximate surface area is 116 Å². The van der Waals surface area contributed by atoms with Gasteiger partial charge >= 0.3 is 0 Å². The highest BCUT2D eigenvalue weighted by atomic mass is 16.3. The topological polar surface area (TPSA) is 104 Å². The standard InChI is InChI=1S/C14H18N2O4/c1-8-2-3-9(13(15)19)7-16(8)14(20)11-5-4-10(17)6-12(11)18/h4-6,8-9,17-18H,2-3,7H2,1H3,(H2,15,19). The highest BCUT2D eigenvalue weighted by Crippen LogP contribution is 2.28. The normalized spacial score (nSPS) is 22.6. The third-order valence-electron chi connectivity index (χ3n) is 3.76. The van der Waals surface area contributed by atoms with Gasteiger partial charge in [-0.25, -0.2) is 0 Å². The van der Waals surface area contributed by atoms with Crippen LogP contribution in [0.2, 0.25) is 0 Å². The van der Waals surface area contributed by atoms with Crippen LogP contribution in [0.1, 0.15) is 30.1 Å². The minimum Gasteiger partial charge on any atom is -0.508 e. The van der Waals surface area contributed by atoms with Crippen LogP contribution in [0.4, 0.5) is 0 Å². The average molecular weight is 278 g/mol. The Morgan fingerprint density at radius 3 is 2.60 bits per heavy atom. The molecule has 1 saturated heterocycles. The lowest BCUT2D eigenvalue weighted by atomic mass is 9.92. The second-order valence-corrected chi connectivity index (χ2v) is 5.18. The zero-order valence-corrected chi connectivity index (χ0v) is 11.2. The quantitative estimate of drug-likeness (QED) is 0.745. The second kappa shape index (κ2) is 5.40. The molecule has 0 bridgehead atoms. The third kappa shape index (κ3) is 2.68. The van der Waals surface area contributed by atoms with Crippen molar-refractivity contribution in [1.29, 1.82) is 0 Å². The molecular formula is C14H18N2O4. The smallest absolute Gasteiger partial charge is 0.257 e. The number of nitrogens with two attached hydrogens (primary N) is 1. The summed E-state index contributed by atoms with van der Waals surface area (Å²) in [5, 5.41) is 19.0. The van der Waals surface area contributed by atoms with Crippen LogP contribution < -0.4 is 5.73 Å². The molecule has 6 nitrogen and oxygen atoms in total. The van der Waals surface area contributed by atoms with Gasteiger partial charge in [-0.15, -0.1) is 0 Å². The fraction of sp³-hybridized carbons (Fsp3) is 0.429. The molecule has 1 aromatic carbocycles. The van der Waals surface area contributed by atoms with Gasteiger partial charge in [-0.2, -0.15) is 0 Å². The van der Waals surface area contributed by atoms with E-state index in [9.17, 15) is 19.8 Å². The monoisotopic (exact) mass is 278 g/mol. The van der Waals surface area contributed by atoms with E-state index >= 15 is 0 Å². The number of aromatic hydroxyl groups is 2. The Balaban J connectivity index is 2.24. The zero-order chi connectivity index (χ0) is 14.9. The van der Waals surface area contributed by atoms with Gasteiger partial charge < -0.3 is 20.8 Å². The largest absolute Gasteiger partial charge is 0.508 e. The van der Waals surface area contributed by atoms with Crippen molar-refractivity contribution < 1.29 is 19.8 Å². The van der Waals surface area contributed by atoms with Crippen LogP contribution in [0.25, 0.3) is 0 Å². The number of amides is 2. The first kappa shape index (κ1) is 14.2. The highest BCUT2D eigenvalue weighted by molar-refractivity contribution is 5.97. The van der Waals surface area contributed by atoms with Crippen molar-refractivity contribution in [1.82, 2.24) is 4.90 Å². The summed E-state index contributed by atoms with van der Waals surface area (Å²) in [7, 11) is 0. The average Bonchev–Trinajstić information content (AvgIpc) is 2.38. The molecule has 2 rings (SSSR count). The molecule has 1 aliphatic heterocycles. The SMILES string of the molecule is CC1CCC(C(N)=O)CN1C(=O)c1ccc(O)cc1O. The number of piperidine rings is 1. The van der Waals surface area contributed by atoms with E-state index in [1.807, 2.05) is 6.92 Å². The third-order valence-corrected chi connectivity index (χ3v) is 3.76. The molecule has 0 aromatic heterocycles. The van der Waals surface area contributed by atoms with E-state index in [2.05, 4.69) is 0 Å². The molecule has 0 radical (unpaired) electrons. The first-order valence-electron chi connectivity index (χ1n) is 6.52. The highest BCUT2D eigenvalue weighted by Gasteiger charge is 2.32. The van der Waals surface area contributed by atoms with Crippen LogP contribution in [0.5, 0.6) is 11.5 Å². The zero-order valence-electron chi connectivity index (χ0n) is 11.2. The summed E-state index contributed by atoms with van der Waals surface area (Å²) in [5.41, 5.74) is 5.41. The number of benzene rings is 1. The predicted molar refractivity (Wildman–Crippen MR) is 72.2 cm³/mol. The van der Waals surface area contributed by atoms with Crippen LogP contribution in [0.15, 0.2) is 18.2 Å². The molecule has 1 fully saturated rings. The van der Waals surface area contributed by atoms with E-state index in [1.165, 1.54) is 12.1 Å². The van der Waals surface area contributed by atoms with Gasteiger partial charge in [-0.3, -0.25) is 9.59 Å². The fourth-order valence-corrected chi connectivity index (χ4v) is 2.48. The van der Waals surface area contributed by atoms with Crippen molar-refractivity contribution in [2.24, 2.45) is 11.7 Å². The number of phenols is 2. The Morgan fingerprint density at radius 2 is 2.00 bits per heavy atom. The van der Waals surface area contributed by atoms with Crippen molar-refractivity contribution in [3.8, 4) is 11.5 Å². The van der Waals surface area contributed by atoms with Gasteiger partial charge in [0.15, 0.2) is 0 Å². The summed E-state index contributed by atoms with van der Waals surface area (Å²) in [6.45, 7) is 2.15. The maximum Gasteiger partial charge on any atom is 0.257 e. The van der Waals surface area contributed by atoms with Crippen LogP contribution in [-0.4, -0.2) is 39.5 Å². The lowest BCUT2D eigenvalue weighted by molar-refractivity contribution is -0.123. The van der Waals surface area contributed by atoms with Gasteiger partial charge in [0.05, 0.1) is 11.5 Å². The minimum atomic E-state index is -0.412. The summed E-state index contributed by atoms with van der Waals surface area (Å²) in [6.07, 6.45) is 1.36. The molecule has 1 aromatic rings. The first-order chi connectivity index (χ1) is 9.40. The van der Waals surface area contributed by atoms with Crippen molar-refractivity contribution in [3.63, 3.8) is 0 Å². The number of rotatable bonds is 2. The molecule has 1 aliphatic rings. The summed E-state index contributed by atoms with van der Waals surface area (Å²) < 4.78 is 0. The fourth-order valence-electron chi connectivity index (χ4n) is 2.48. The van der Waals surface area contributed by atoms with Gasteiger partial charge in [0, 0.05) is 18.7 Å². The van der Waals surface area contributed by atoms with Gasteiger partial charge in [-0.1, -0.05) is 0 Å². The molecule has 108 valence electrons. The Kier molecular flexibility index (Phi) is 3.83. The number of carbonyl (C=O) groups is 2. The van der Waals surface area contributed by atoms with E-state index in [-0.39, 0.29) is 41.5 Å². The lowest BCUT2D eigenvalue weighted by Gasteiger charge is -2.37.